The molecule has 0 saturated carbocycles. The summed E-state index contributed by atoms with van der Waals surface area (Å²) in [4.78, 5) is -1.01. The van der Waals surface area contributed by atoms with Gasteiger partial charge in [0.1, 0.15) is 0 Å². The number of nitrogens with zero attached hydrogens (tertiary/aromatic N) is 1. The maximum atomic E-state index is 13.4. The van der Waals surface area contributed by atoms with Crippen molar-refractivity contribution in [3.05, 3.63) is 28.2 Å². The summed E-state index contributed by atoms with van der Waals surface area (Å²) in [6, 6.07) is 2.52. The lowest BCUT2D eigenvalue weighted by molar-refractivity contribution is -0.140. The van der Waals surface area contributed by atoms with Crippen LogP contribution in [0.5, 0.6) is 0 Å². The van der Waals surface area contributed by atoms with Crippen molar-refractivity contribution in [1.82, 2.24) is 4.31 Å². The Kier molecular flexibility index (Phi) is 4.58. The molecule has 0 N–H and O–H groups in total. The van der Waals surface area contributed by atoms with Gasteiger partial charge in [0.15, 0.2) is 0 Å². The zero-order chi connectivity index (χ0) is 16.8. The lowest BCUT2D eigenvalue weighted by atomic mass is 10.1. The number of hydrogen-bond acceptors (Lipinski definition) is 2. The highest BCUT2D eigenvalue weighted by Gasteiger charge is 2.44. The number of hydrogen-bond donors (Lipinski definition) is 0. The van der Waals surface area contributed by atoms with Gasteiger partial charge in [-0.1, -0.05) is 15.9 Å². The number of alkyl halides is 5. The molecule has 1 aliphatic rings. The zero-order valence-electron chi connectivity index (χ0n) is 11.0. The lowest BCUT2D eigenvalue weighted by Crippen LogP contribution is -2.45. The topological polar surface area (TPSA) is 37.4 Å². The number of rotatable bonds is 2. The van der Waals surface area contributed by atoms with Crippen LogP contribution >= 0.6 is 15.9 Å². The third-order valence-corrected chi connectivity index (χ3v) is 5.62. The van der Waals surface area contributed by atoms with Crippen molar-refractivity contribution in [1.29, 1.82) is 0 Å². The SMILES string of the molecule is O=S(=O)(c1ccc(Br)cc1C(F)(F)F)N1CCCC(F)(F)C1. The maximum Gasteiger partial charge on any atom is 0.417 e. The first-order chi connectivity index (χ1) is 9.93. The normalized spacial score (nSPS) is 20.1. The van der Waals surface area contributed by atoms with Crippen molar-refractivity contribution in [3.63, 3.8) is 0 Å². The van der Waals surface area contributed by atoms with Crippen LogP contribution in [0.1, 0.15) is 18.4 Å². The van der Waals surface area contributed by atoms with Crippen LogP contribution in [0.4, 0.5) is 22.0 Å². The Morgan fingerprint density at radius 1 is 1.23 bits per heavy atom. The first-order valence-electron chi connectivity index (χ1n) is 6.18. The van der Waals surface area contributed by atoms with Crippen molar-refractivity contribution in [2.45, 2.75) is 29.8 Å². The van der Waals surface area contributed by atoms with Crippen LogP contribution in [-0.4, -0.2) is 31.7 Å². The van der Waals surface area contributed by atoms with Gasteiger partial charge in [0, 0.05) is 17.4 Å². The molecule has 0 unspecified atom stereocenters. The molecule has 124 valence electrons. The average molecular weight is 408 g/mol. The third-order valence-electron chi connectivity index (χ3n) is 3.22. The van der Waals surface area contributed by atoms with Crippen molar-refractivity contribution < 1.29 is 30.4 Å². The van der Waals surface area contributed by atoms with E-state index < -0.39 is 45.5 Å². The van der Waals surface area contributed by atoms with E-state index in [4.69, 9.17) is 0 Å². The molecule has 2 rings (SSSR count). The molecule has 0 aromatic heterocycles. The number of piperidine rings is 1. The predicted molar refractivity (Wildman–Crippen MR) is 72.1 cm³/mol. The predicted octanol–water partition coefficient (Wildman–Crippen LogP) is 3.89. The molecule has 1 fully saturated rings. The fourth-order valence-corrected chi connectivity index (χ4v) is 4.28. The molecule has 0 radical (unpaired) electrons. The molecule has 0 bridgehead atoms. The van der Waals surface area contributed by atoms with Crippen LogP contribution < -0.4 is 0 Å². The highest BCUT2D eigenvalue weighted by Crippen LogP contribution is 2.38. The smallest absolute Gasteiger partial charge is 0.207 e. The Bertz CT molecular complexity index is 675. The van der Waals surface area contributed by atoms with E-state index in [1.54, 1.807) is 0 Å². The van der Waals surface area contributed by atoms with Crippen LogP contribution in [-0.2, 0) is 16.2 Å². The van der Waals surface area contributed by atoms with E-state index in [0.717, 1.165) is 12.1 Å². The molecule has 10 heteroatoms. The van der Waals surface area contributed by atoms with Crippen LogP contribution in [0, 0.1) is 0 Å². The fourth-order valence-electron chi connectivity index (χ4n) is 2.22. The molecule has 1 aromatic carbocycles. The second kappa shape index (κ2) is 5.72. The minimum Gasteiger partial charge on any atom is -0.207 e. The van der Waals surface area contributed by atoms with Gasteiger partial charge < -0.3 is 0 Å². The highest BCUT2D eigenvalue weighted by molar-refractivity contribution is 9.10. The van der Waals surface area contributed by atoms with Gasteiger partial charge in [0.05, 0.1) is 17.0 Å². The van der Waals surface area contributed by atoms with Crippen molar-refractivity contribution >= 4 is 26.0 Å². The summed E-state index contributed by atoms with van der Waals surface area (Å²) in [6.45, 7) is -1.34. The first kappa shape index (κ1) is 17.6. The lowest BCUT2D eigenvalue weighted by Gasteiger charge is -2.32. The molecule has 1 aliphatic heterocycles. The molecule has 0 spiro atoms. The fraction of sp³-hybridized carbons (Fsp3) is 0.500. The van der Waals surface area contributed by atoms with Gasteiger partial charge in [0.25, 0.3) is 5.92 Å². The molecule has 3 nitrogen and oxygen atoms in total. The molecule has 1 aromatic rings. The summed E-state index contributed by atoms with van der Waals surface area (Å²) < 4.78 is 90.9. The Labute approximate surface area is 132 Å². The summed E-state index contributed by atoms with van der Waals surface area (Å²) in [5.41, 5.74) is -1.38. The van der Waals surface area contributed by atoms with E-state index in [1.165, 1.54) is 0 Å². The number of halogens is 6. The van der Waals surface area contributed by atoms with Gasteiger partial charge in [-0.05, 0) is 24.6 Å². The Balaban J connectivity index is 2.51. The molecular weight excluding hydrogens is 397 g/mol. The molecule has 1 heterocycles. The number of sulfonamides is 1. The van der Waals surface area contributed by atoms with Crippen molar-refractivity contribution in [3.8, 4) is 0 Å². The number of benzene rings is 1. The van der Waals surface area contributed by atoms with E-state index in [0.29, 0.717) is 10.4 Å². The summed E-state index contributed by atoms with van der Waals surface area (Å²) in [5, 5.41) is 0. The molecule has 1 saturated heterocycles. The minimum atomic E-state index is -4.91. The van der Waals surface area contributed by atoms with E-state index in [2.05, 4.69) is 15.9 Å². The standard InChI is InChI=1S/C12H11BrF5NO2S/c13-8-2-3-10(9(6-8)12(16,17)18)22(20,21)19-5-1-4-11(14,15)7-19/h2-3,6H,1,4-5,7H2. The summed E-state index contributed by atoms with van der Waals surface area (Å²) in [5.74, 6) is -3.24. The molecule has 0 amide bonds. The molecular formula is C12H11BrF5NO2S. The van der Waals surface area contributed by atoms with E-state index in [9.17, 15) is 30.4 Å². The first-order valence-corrected chi connectivity index (χ1v) is 8.41. The van der Waals surface area contributed by atoms with Crippen LogP contribution in [0.2, 0.25) is 0 Å². The molecule has 22 heavy (non-hydrogen) atoms. The average Bonchev–Trinajstić information content (AvgIpc) is 2.36. The largest absolute Gasteiger partial charge is 0.417 e. The zero-order valence-corrected chi connectivity index (χ0v) is 13.4. The summed E-state index contributed by atoms with van der Waals surface area (Å²) in [7, 11) is -4.65. The van der Waals surface area contributed by atoms with Gasteiger partial charge in [-0.2, -0.15) is 17.5 Å². The van der Waals surface area contributed by atoms with Gasteiger partial charge in [-0.3, -0.25) is 0 Å². The monoisotopic (exact) mass is 407 g/mol. The van der Waals surface area contributed by atoms with Gasteiger partial charge in [0.2, 0.25) is 10.0 Å². The van der Waals surface area contributed by atoms with Gasteiger partial charge >= 0.3 is 6.18 Å². The molecule has 0 atom stereocenters. The van der Waals surface area contributed by atoms with Gasteiger partial charge in [-0.25, -0.2) is 17.2 Å². The van der Waals surface area contributed by atoms with Crippen LogP contribution in [0.3, 0.4) is 0 Å². The summed E-state index contributed by atoms with van der Waals surface area (Å²) >= 11 is 2.84. The third kappa shape index (κ3) is 3.60. The second-order valence-electron chi connectivity index (χ2n) is 4.94. The minimum absolute atomic E-state index is 0.0442. The van der Waals surface area contributed by atoms with Crippen LogP contribution in [0.15, 0.2) is 27.6 Å². The van der Waals surface area contributed by atoms with E-state index in [1.807, 2.05) is 0 Å². The Morgan fingerprint density at radius 2 is 1.86 bits per heavy atom. The van der Waals surface area contributed by atoms with Gasteiger partial charge in [-0.15, -0.1) is 0 Å². The summed E-state index contributed by atoms with van der Waals surface area (Å²) in [6.07, 6.45) is -5.50. The molecule has 0 aliphatic carbocycles. The Morgan fingerprint density at radius 3 is 2.41 bits per heavy atom. The van der Waals surface area contributed by atoms with Crippen molar-refractivity contribution in [2.24, 2.45) is 0 Å². The highest BCUT2D eigenvalue weighted by atomic mass is 79.9. The Hall–Kier alpha value is -0.740. The second-order valence-corrected chi connectivity index (χ2v) is 7.76. The van der Waals surface area contributed by atoms with E-state index in [-0.39, 0.29) is 17.4 Å². The van der Waals surface area contributed by atoms with Crippen LogP contribution in [0.25, 0.3) is 0 Å². The quantitative estimate of drug-likeness (QED) is 0.697. The van der Waals surface area contributed by atoms with E-state index >= 15 is 0 Å². The maximum absolute atomic E-state index is 13.4. The van der Waals surface area contributed by atoms with Crippen molar-refractivity contribution in [2.75, 3.05) is 13.1 Å².